The van der Waals surface area contributed by atoms with Gasteiger partial charge >= 0.3 is 5.97 Å². The third-order valence-corrected chi connectivity index (χ3v) is 4.74. The number of carbonyl (C=O) groups is 1. The highest BCUT2D eigenvalue weighted by molar-refractivity contribution is 5.81. The molecular formula is C17H24N2O2. The van der Waals surface area contributed by atoms with Crippen LogP contribution in [0.5, 0.6) is 0 Å². The highest BCUT2D eigenvalue weighted by Gasteiger charge is 2.43. The van der Waals surface area contributed by atoms with Crippen LogP contribution in [0.3, 0.4) is 0 Å². The van der Waals surface area contributed by atoms with Gasteiger partial charge in [0.25, 0.3) is 0 Å². The summed E-state index contributed by atoms with van der Waals surface area (Å²) >= 11 is 0. The second-order valence-electron chi connectivity index (χ2n) is 6.22. The van der Waals surface area contributed by atoms with E-state index in [4.69, 9.17) is 4.74 Å². The highest BCUT2D eigenvalue weighted by Crippen LogP contribution is 2.31. The van der Waals surface area contributed by atoms with Gasteiger partial charge in [0.1, 0.15) is 5.54 Å². The zero-order valence-corrected chi connectivity index (χ0v) is 12.7. The number of anilines is 1. The SMILES string of the molecule is COC(=O)C1(NCC2CC2)CCN(c2ccccc2)CC1. The van der Waals surface area contributed by atoms with Crippen LogP contribution in [0, 0.1) is 5.92 Å². The maximum absolute atomic E-state index is 12.3. The van der Waals surface area contributed by atoms with Gasteiger partial charge in [-0.15, -0.1) is 0 Å². The van der Waals surface area contributed by atoms with Crippen LogP contribution < -0.4 is 10.2 Å². The van der Waals surface area contributed by atoms with Crippen molar-refractivity contribution in [2.45, 2.75) is 31.2 Å². The van der Waals surface area contributed by atoms with Crippen molar-refractivity contribution in [2.24, 2.45) is 5.92 Å². The van der Waals surface area contributed by atoms with Gasteiger partial charge in [-0.3, -0.25) is 4.79 Å². The molecule has 0 spiro atoms. The minimum Gasteiger partial charge on any atom is -0.468 e. The lowest BCUT2D eigenvalue weighted by atomic mass is 9.87. The average Bonchev–Trinajstić information content (AvgIpc) is 3.38. The molecule has 1 saturated heterocycles. The number of nitrogens with zero attached hydrogens (tertiary/aromatic N) is 1. The predicted molar refractivity (Wildman–Crippen MR) is 83.4 cm³/mol. The number of esters is 1. The lowest BCUT2D eigenvalue weighted by Gasteiger charge is -2.41. The van der Waals surface area contributed by atoms with Crippen LogP contribution in [0.4, 0.5) is 5.69 Å². The fourth-order valence-electron chi connectivity index (χ4n) is 3.10. The van der Waals surface area contributed by atoms with Gasteiger partial charge in [0.15, 0.2) is 0 Å². The molecule has 1 aliphatic heterocycles. The Hall–Kier alpha value is -1.55. The van der Waals surface area contributed by atoms with Gasteiger partial charge in [-0.1, -0.05) is 18.2 Å². The number of methoxy groups -OCH3 is 1. The molecule has 1 aliphatic carbocycles. The first-order valence-electron chi connectivity index (χ1n) is 7.87. The lowest BCUT2D eigenvalue weighted by Crippen LogP contribution is -2.59. The largest absolute Gasteiger partial charge is 0.468 e. The van der Waals surface area contributed by atoms with E-state index >= 15 is 0 Å². The smallest absolute Gasteiger partial charge is 0.326 e. The zero-order chi connectivity index (χ0) is 14.7. The van der Waals surface area contributed by atoms with Crippen molar-refractivity contribution in [1.82, 2.24) is 5.32 Å². The van der Waals surface area contributed by atoms with E-state index in [2.05, 4.69) is 34.5 Å². The predicted octanol–water partition coefficient (Wildman–Crippen LogP) is 2.20. The van der Waals surface area contributed by atoms with Crippen molar-refractivity contribution in [3.63, 3.8) is 0 Å². The summed E-state index contributed by atoms with van der Waals surface area (Å²) in [6, 6.07) is 10.4. The standard InChI is InChI=1S/C17H24N2O2/c1-21-16(20)17(18-13-14-7-8-14)9-11-19(12-10-17)15-5-3-2-4-6-15/h2-6,14,18H,7-13H2,1H3. The first-order valence-corrected chi connectivity index (χ1v) is 7.87. The number of hydrogen-bond acceptors (Lipinski definition) is 4. The molecule has 1 heterocycles. The molecule has 0 atom stereocenters. The fraction of sp³-hybridized carbons (Fsp3) is 0.588. The maximum atomic E-state index is 12.3. The van der Waals surface area contributed by atoms with E-state index in [9.17, 15) is 4.79 Å². The fourth-order valence-corrected chi connectivity index (χ4v) is 3.10. The van der Waals surface area contributed by atoms with Crippen molar-refractivity contribution in [3.8, 4) is 0 Å². The summed E-state index contributed by atoms with van der Waals surface area (Å²) in [5, 5.41) is 3.52. The van der Waals surface area contributed by atoms with Gasteiger partial charge in [0, 0.05) is 18.8 Å². The normalized spacial score (nSPS) is 21.1. The topological polar surface area (TPSA) is 41.6 Å². The minimum atomic E-state index is -0.484. The first-order chi connectivity index (χ1) is 10.2. The quantitative estimate of drug-likeness (QED) is 0.843. The number of rotatable bonds is 5. The monoisotopic (exact) mass is 288 g/mol. The Kier molecular flexibility index (Phi) is 4.15. The molecule has 1 aromatic rings. The molecule has 1 aromatic carbocycles. The summed E-state index contributed by atoms with van der Waals surface area (Å²) in [5.41, 5.74) is 0.751. The Morgan fingerprint density at radius 1 is 1.29 bits per heavy atom. The van der Waals surface area contributed by atoms with Crippen LogP contribution in [0.1, 0.15) is 25.7 Å². The van der Waals surface area contributed by atoms with Crippen molar-refractivity contribution < 1.29 is 9.53 Å². The molecule has 2 aliphatic rings. The molecule has 3 rings (SSSR count). The summed E-state index contributed by atoms with van der Waals surface area (Å²) in [6.45, 7) is 2.72. The Morgan fingerprint density at radius 2 is 1.95 bits per heavy atom. The first kappa shape index (κ1) is 14.4. The summed E-state index contributed by atoms with van der Waals surface area (Å²) in [7, 11) is 1.49. The summed E-state index contributed by atoms with van der Waals surface area (Å²) in [5.74, 6) is 0.662. The van der Waals surface area contributed by atoms with Crippen LogP contribution >= 0.6 is 0 Å². The second-order valence-corrected chi connectivity index (χ2v) is 6.22. The maximum Gasteiger partial charge on any atom is 0.326 e. The highest BCUT2D eigenvalue weighted by atomic mass is 16.5. The summed E-state index contributed by atoms with van der Waals surface area (Å²) < 4.78 is 5.07. The van der Waals surface area contributed by atoms with E-state index in [0.29, 0.717) is 0 Å². The van der Waals surface area contributed by atoms with E-state index in [1.807, 2.05) is 6.07 Å². The Morgan fingerprint density at radius 3 is 2.52 bits per heavy atom. The van der Waals surface area contributed by atoms with Crippen LogP contribution in [0.15, 0.2) is 30.3 Å². The molecule has 21 heavy (non-hydrogen) atoms. The molecule has 0 aromatic heterocycles. The van der Waals surface area contributed by atoms with Gasteiger partial charge in [-0.25, -0.2) is 0 Å². The molecule has 0 amide bonds. The van der Waals surface area contributed by atoms with E-state index in [0.717, 1.165) is 38.4 Å². The molecule has 0 radical (unpaired) electrons. The number of piperidine rings is 1. The van der Waals surface area contributed by atoms with E-state index in [-0.39, 0.29) is 5.97 Å². The molecule has 0 bridgehead atoms. The number of carbonyl (C=O) groups excluding carboxylic acids is 1. The average molecular weight is 288 g/mol. The zero-order valence-electron chi connectivity index (χ0n) is 12.7. The number of ether oxygens (including phenoxy) is 1. The Bertz CT molecular complexity index is 477. The van der Waals surface area contributed by atoms with E-state index < -0.39 is 5.54 Å². The molecule has 1 N–H and O–H groups in total. The summed E-state index contributed by atoms with van der Waals surface area (Å²) in [6.07, 6.45) is 4.20. The van der Waals surface area contributed by atoms with Crippen LogP contribution in [-0.4, -0.2) is 38.3 Å². The molecule has 2 fully saturated rings. The number of nitrogens with one attached hydrogen (secondary N) is 1. The van der Waals surface area contributed by atoms with Crippen molar-refractivity contribution in [1.29, 1.82) is 0 Å². The molecule has 114 valence electrons. The molecule has 4 heteroatoms. The molecule has 1 saturated carbocycles. The third kappa shape index (κ3) is 3.21. The van der Waals surface area contributed by atoms with Crippen LogP contribution in [0.25, 0.3) is 0 Å². The van der Waals surface area contributed by atoms with Crippen LogP contribution in [0.2, 0.25) is 0 Å². The van der Waals surface area contributed by atoms with Crippen molar-refractivity contribution in [3.05, 3.63) is 30.3 Å². The lowest BCUT2D eigenvalue weighted by molar-refractivity contribution is -0.149. The molecular weight excluding hydrogens is 264 g/mol. The van der Waals surface area contributed by atoms with Crippen molar-refractivity contribution in [2.75, 3.05) is 31.6 Å². The summed E-state index contributed by atoms with van der Waals surface area (Å²) in [4.78, 5) is 14.6. The van der Waals surface area contributed by atoms with Gasteiger partial charge in [-0.05, 0) is 50.3 Å². The van der Waals surface area contributed by atoms with Crippen molar-refractivity contribution >= 4 is 11.7 Å². The van der Waals surface area contributed by atoms with Gasteiger partial charge in [0.05, 0.1) is 7.11 Å². The Labute approximate surface area is 126 Å². The van der Waals surface area contributed by atoms with Gasteiger partial charge in [0.2, 0.25) is 0 Å². The third-order valence-electron chi connectivity index (χ3n) is 4.74. The van der Waals surface area contributed by atoms with E-state index in [1.54, 1.807) is 0 Å². The number of hydrogen-bond donors (Lipinski definition) is 1. The molecule has 0 unspecified atom stereocenters. The number of benzene rings is 1. The number of para-hydroxylation sites is 1. The van der Waals surface area contributed by atoms with Gasteiger partial charge < -0.3 is 15.0 Å². The molecule has 4 nitrogen and oxygen atoms in total. The minimum absolute atomic E-state index is 0.101. The van der Waals surface area contributed by atoms with Gasteiger partial charge in [-0.2, -0.15) is 0 Å². The second kappa shape index (κ2) is 6.06. The Balaban J connectivity index is 1.65. The van der Waals surface area contributed by atoms with Crippen LogP contribution in [-0.2, 0) is 9.53 Å². The van der Waals surface area contributed by atoms with E-state index in [1.165, 1.54) is 25.6 Å².